The van der Waals surface area contributed by atoms with E-state index in [0.717, 1.165) is 25.3 Å². The van der Waals surface area contributed by atoms with Crippen molar-refractivity contribution in [3.05, 3.63) is 78.5 Å². The molecular formula is C21H24N4. The van der Waals surface area contributed by atoms with Crippen LogP contribution < -0.4 is 0 Å². The fourth-order valence-electron chi connectivity index (χ4n) is 3.64. The number of imidazole rings is 1. The maximum Gasteiger partial charge on any atom is 0.138 e. The van der Waals surface area contributed by atoms with Gasteiger partial charge in [-0.15, -0.1) is 0 Å². The van der Waals surface area contributed by atoms with E-state index in [9.17, 15) is 0 Å². The van der Waals surface area contributed by atoms with Crippen LogP contribution in [0.4, 0.5) is 0 Å². The van der Waals surface area contributed by atoms with Crippen LogP contribution in [0.2, 0.25) is 0 Å². The van der Waals surface area contributed by atoms with Gasteiger partial charge in [0.05, 0.1) is 0 Å². The summed E-state index contributed by atoms with van der Waals surface area (Å²) in [5.74, 6) is 1.48. The van der Waals surface area contributed by atoms with Crippen LogP contribution in [0.1, 0.15) is 30.0 Å². The monoisotopic (exact) mass is 332 g/mol. The lowest BCUT2D eigenvalue weighted by molar-refractivity contribution is 0.208. The van der Waals surface area contributed by atoms with Crippen LogP contribution in [0.3, 0.4) is 0 Å². The Labute approximate surface area is 149 Å². The van der Waals surface area contributed by atoms with Crippen LogP contribution in [0.25, 0.3) is 5.82 Å². The number of aromatic nitrogens is 3. The van der Waals surface area contributed by atoms with Crippen molar-refractivity contribution in [2.75, 3.05) is 19.6 Å². The molecule has 1 aliphatic heterocycles. The minimum absolute atomic E-state index is 0.521. The normalized spacial score (nSPS) is 18.3. The van der Waals surface area contributed by atoms with Crippen LogP contribution in [0, 0.1) is 0 Å². The van der Waals surface area contributed by atoms with Crippen LogP contribution in [-0.2, 0) is 6.42 Å². The highest BCUT2D eigenvalue weighted by Gasteiger charge is 2.22. The summed E-state index contributed by atoms with van der Waals surface area (Å²) < 4.78 is 1.97. The molecule has 0 bridgehead atoms. The first kappa shape index (κ1) is 16.0. The van der Waals surface area contributed by atoms with E-state index in [1.165, 1.54) is 30.6 Å². The average Bonchev–Trinajstić information content (AvgIpc) is 3.22. The van der Waals surface area contributed by atoms with E-state index in [1.807, 2.05) is 16.8 Å². The number of hydrogen-bond donors (Lipinski definition) is 0. The van der Waals surface area contributed by atoms with Gasteiger partial charge < -0.3 is 4.90 Å². The molecule has 1 fully saturated rings. The first-order valence-electron chi connectivity index (χ1n) is 9.10. The molecule has 0 amide bonds. The fourth-order valence-corrected chi connectivity index (χ4v) is 3.64. The van der Waals surface area contributed by atoms with Crippen LogP contribution in [-0.4, -0.2) is 39.1 Å². The molecule has 0 unspecified atom stereocenters. The lowest BCUT2D eigenvalue weighted by Crippen LogP contribution is -2.36. The van der Waals surface area contributed by atoms with E-state index >= 15 is 0 Å². The Kier molecular flexibility index (Phi) is 4.89. The van der Waals surface area contributed by atoms with Gasteiger partial charge >= 0.3 is 0 Å². The summed E-state index contributed by atoms with van der Waals surface area (Å²) in [5.41, 5.74) is 2.63. The molecule has 0 N–H and O–H groups in total. The lowest BCUT2D eigenvalue weighted by Gasteiger charge is -2.32. The van der Waals surface area contributed by atoms with Crippen molar-refractivity contribution < 1.29 is 0 Å². The van der Waals surface area contributed by atoms with Gasteiger partial charge in [0.1, 0.15) is 12.1 Å². The minimum atomic E-state index is 0.521. The number of hydrogen-bond acceptors (Lipinski definition) is 3. The van der Waals surface area contributed by atoms with E-state index in [0.29, 0.717) is 5.92 Å². The van der Waals surface area contributed by atoms with Crippen LogP contribution in [0.15, 0.2) is 67.3 Å². The van der Waals surface area contributed by atoms with Gasteiger partial charge in [-0.1, -0.05) is 36.4 Å². The van der Waals surface area contributed by atoms with E-state index in [4.69, 9.17) is 4.98 Å². The zero-order chi connectivity index (χ0) is 16.9. The Balaban J connectivity index is 1.42. The summed E-state index contributed by atoms with van der Waals surface area (Å²) in [6.45, 7) is 3.43. The highest BCUT2D eigenvalue weighted by atomic mass is 15.1. The number of rotatable bonds is 5. The van der Waals surface area contributed by atoms with Crippen molar-refractivity contribution in [2.45, 2.75) is 25.2 Å². The number of likely N-dealkylation sites (tertiary alicyclic amines) is 1. The molecule has 3 heterocycles. The maximum absolute atomic E-state index is 4.89. The number of benzene rings is 1. The van der Waals surface area contributed by atoms with E-state index in [-0.39, 0.29) is 0 Å². The third kappa shape index (κ3) is 3.97. The van der Waals surface area contributed by atoms with Gasteiger partial charge in [0.2, 0.25) is 0 Å². The SMILES string of the molecule is c1ccc(CCN2CCC[C@@H](c3cccc(-n4ccnc4)n3)C2)cc1. The lowest BCUT2D eigenvalue weighted by atomic mass is 9.94. The van der Waals surface area contributed by atoms with Gasteiger partial charge in [-0.05, 0) is 43.5 Å². The molecule has 1 aromatic carbocycles. The second kappa shape index (κ2) is 7.62. The zero-order valence-electron chi connectivity index (χ0n) is 14.5. The van der Waals surface area contributed by atoms with E-state index < -0.39 is 0 Å². The molecule has 1 aliphatic rings. The smallest absolute Gasteiger partial charge is 0.138 e. The standard InChI is InChI=1S/C21H24N4/c1-2-6-18(7-3-1)11-14-24-13-5-8-19(16-24)20-9-4-10-21(23-20)25-15-12-22-17-25/h1-4,6-7,9-10,12,15,17,19H,5,8,11,13-14,16H2/t19-/m1/s1. The molecule has 4 heteroatoms. The molecule has 4 nitrogen and oxygen atoms in total. The average molecular weight is 332 g/mol. The predicted octanol–water partition coefficient (Wildman–Crippen LogP) is 3.69. The van der Waals surface area contributed by atoms with Crippen molar-refractivity contribution >= 4 is 0 Å². The molecule has 0 aliphatic carbocycles. The molecule has 1 atom stereocenters. The highest BCUT2D eigenvalue weighted by molar-refractivity contribution is 5.26. The molecule has 0 radical (unpaired) electrons. The first-order valence-corrected chi connectivity index (χ1v) is 9.10. The van der Waals surface area contributed by atoms with Crippen molar-refractivity contribution in [3.63, 3.8) is 0 Å². The third-order valence-electron chi connectivity index (χ3n) is 5.01. The van der Waals surface area contributed by atoms with Gasteiger partial charge in [0.25, 0.3) is 0 Å². The summed E-state index contributed by atoms with van der Waals surface area (Å²) in [4.78, 5) is 11.6. The summed E-state index contributed by atoms with van der Waals surface area (Å²) >= 11 is 0. The minimum Gasteiger partial charge on any atom is -0.302 e. The summed E-state index contributed by atoms with van der Waals surface area (Å²) in [7, 11) is 0. The van der Waals surface area contributed by atoms with Gasteiger partial charge in [-0.2, -0.15) is 0 Å². The topological polar surface area (TPSA) is 34.0 Å². The van der Waals surface area contributed by atoms with Gasteiger partial charge in [0, 0.05) is 37.1 Å². The highest BCUT2D eigenvalue weighted by Crippen LogP contribution is 2.26. The Morgan fingerprint density at radius 1 is 1.04 bits per heavy atom. The van der Waals surface area contributed by atoms with E-state index in [1.54, 1.807) is 12.5 Å². The van der Waals surface area contributed by atoms with Gasteiger partial charge in [-0.3, -0.25) is 4.57 Å². The van der Waals surface area contributed by atoms with Gasteiger partial charge in [-0.25, -0.2) is 9.97 Å². The fraction of sp³-hybridized carbons (Fsp3) is 0.333. The molecule has 25 heavy (non-hydrogen) atoms. The van der Waals surface area contributed by atoms with E-state index in [2.05, 4.69) is 52.3 Å². The van der Waals surface area contributed by atoms with Crippen molar-refractivity contribution in [2.24, 2.45) is 0 Å². The number of piperidine rings is 1. The molecule has 0 saturated carbocycles. The van der Waals surface area contributed by atoms with Crippen molar-refractivity contribution in [1.82, 2.24) is 19.4 Å². The third-order valence-corrected chi connectivity index (χ3v) is 5.01. The Bertz CT molecular complexity index is 783. The number of nitrogens with zero attached hydrogens (tertiary/aromatic N) is 4. The second-order valence-corrected chi connectivity index (χ2v) is 6.77. The predicted molar refractivity (Wildman–Crippen MR) is 99.9 cm³/mol. The molecule has 2 aromatic heterocycles. The van der Waals surface area contributed by atoms with Gasteiger partial charge in [0.15, 0.2) is 0 Å². The second-order valence-electron chi connectivity index (χ2n) is 6.77. The molecule has 3 aromatic rings. The van der Waals surface area contributed by atoms with Crippen molar-refractivity contribution in [3.8, 4) is 5.82 Å². The van der Waals surface area contributed by atoms with Crippen LogP contribution in [0.5, 0.6) is 0 Å². The summed E-state index contributed by atoms with van der Waals surface area (Å²) in [6.07, 6.45) is 9.13. The zero-order valence-corrected chi connectivity index (χ0v) is 14.5. The largest absolute Gasteiger partial charge is 0.302 e. The number of pyridine rings is 1. The Morgan fingerprint density at radius 2 is 1.96 bits per heavy atom. The molecular weight excluding hydrogens is 308 g/mol. The maximum atomic E-state index is 4.89. The quantitative estimate of drug-likeness (QED) is 0.714. The first-order chi connectivity index (χ1) is 12.4. The summed E-state index contributed by atoms with van der Waals surface area (Å²) in [6, 6.07) is 17.1. The molecule has 0 spiro atoms. The molecule has 1 saturated heterocycles. The Hall–Kier alpha value is -2.46. The van der Waals surface area contributed by atoms with Crippen LogP contribution >= 0.6 is 0 Å². The summed E-state index contributed by atoms with van der Waals surface area (Å²) in [5, 5.41) is 0. The molecule has 128 valence electrons. The van der Waals surface area contributed by atoms with Crippen molar-refractivity contribution in [1.29, 1.82) is 0 Å². The molecule has 4 rings (SSSR count). The Morgan fingerprint density at radius 3 is 2.80 bits per heavy atom.